The van der Waals surface area contributed by atoms with Crippen LogP contribution in [0.3, 0.4) is 0 Å². The van der Waals surface area contributed by atoms with Crippen molar-refractivity contribution in [3.8, 4) is 0 Å². The van der Waals surface area contributed by atoms with Crippen molar-refractivity contribution in [2.75, 3.05) is 6.54 Å². The Kier molecular flexibility index (Phi) is 3.39. The van der Waals surface area contributed by atoms with Crippen LogP contribution in [-0.4, -0.2) is 23.0 Å². The molecule has 0 aliphatic carbocycles. The molecule has 0 amide bonds. The van der Waals surface area contributed by atoms with Crippen molar-refractivity contribution in [2.45, 2.75) is 65.5 Å². The second-order valence-corrected chi connectivity index (χ2v) is 5.79. The third-order valence-corrected chi connectivity index (χ3v) is 2.98. The molecule has 0 radical (unpaired) electrons. The van der Waals surface area contributed by atoms with E-state index in [1.165, 1.54) is 25.8 Å². The van der Waals surface area contributed by atoms with Gasteiger partial charge in [-0.15, -0.1) is 0 Å². The first-order valence-corrected chi connectivity index (χ1v) is 5.68. The normalized spacial score (nSPS) is 25.8. The van der Waals surface area contributed by atoms with Gasteiger partial charge in [-0.05, 0) is 52.5 Å². The van der Waals surface area contributed by atoms with E-state index in [1.807, 2.05) is 0 Å². The Balaban J connectivity index is 2.54. The minimum absolute atomic E-state index is 0.371. The van der Waals surface area contributed by atoms with Gasteiger partial charge in [-0.1, -0.05) is 13.8 Å². The molecule has 0 saturated carbocycles. The minimum Gasteiger partial charge on any atom is -0.296 e. The topological polar surface area (TPSA) is 3.24 Å². The summed E-state index contributed by atoms with van der Waals surface area (Å²) in [5.41, 5.74) is 0.371. The monoisotopic (exact) mass is 183 g/mol. The maximum atomic E-state index is 2.69. The van der Waals surface area contributed by atoms with Crippen LogP contribution >= 0.6 is 0 Å². The Hall–Kier alpha value is -0.0400. The lowest BCUT2D eigenvalue weighted by atomic mass is 9.98. The van der Waals surface area contributed by atoms with Gasteiger partial charge in [0.15, 0.2) is 0 Å². The van der Waals surface area contributed by atoms with Gasteiger partial charge >= 0.3 is 0 Å². The highest BCUT2D eigenvalue weighted by Crippen LogP contribution is 2.29. The highest BCUT2D eigenvalue weighted by molar-refractivity contribution is 4.88. The summed E-state index contributed by atoms with van der Waals surface area (Å²) in [4.78, 5) is 2.69. The molecule has 0 aromatic heterocycles. The zero-order valence-corrected chi connectivity index (χ0v) is 9.93. The van der Waals surface area contributed by atoms with E-state index in [9.17, 15) is 0 Å². The summed E-state index contributed by atoms with van der Waals surface area (Å²) < 4.78 is 0. The van der Waals surface area contributed by atoms with E-state index in [0.29, 0.717) is 5.54 Å². The number of rotatable bonds is 2. The predicted octanol–water partition coefficient (Wildman–Crippen LogP) is 3.30. The molecular weight excluding hydrogens is 158 g/mol. The molecule has 0 N–H and O–H groups in total. The van der Waals surface area contributed by atoms with Crippen LogP contribution in [0.5, 0.6) is 0 Å². The van der Waals surface area contributed by atoms with Crippen molar-refractivity contribution in [1.29, 1.82) is 0 Å². The van der Waals surface area contributed by atoms with Gasteiger partial charge < -0.3 is 0 Å². The number of hydrogen-bond acceptors (Lipinski definition) is 1. The van der Waals surface area contributed by atoms with Crippen molar-refractivity contribution in [3.05, 3.63) is 0 Å². The summed E-state index contributed by atoms with van der Waals surface area (Å²) in [6, 6.07) is 0.847. The average Bonchev–Trinajstić information content (AvgIpc) is 2.31. The molecule has 0 aromatic carbocycles. The summed E-state index contributed by atoms with van der Waals surface area (Å²) in [6.45, 7) is 13.0. The zero-order chi connectivity index (χ0) is 10.1. The largest absolute Gasteiger partial charge is 0.296 e. The average molecular weight is 183 g/mol. The molecule has 0 bridgehead atoms. The van der Waals surface area contributed by atoms with Gasteiger partial charge in [0.05, 0.1) is 0 Å². The van der Waals surface area contributed by atoms with Crippen molar-refractivity contribution >= 4 is 0 Å². The molecule has 0 spiro atoms. The first kappa shape index (κ1) is 11.0. The van der Waals surface area contributed by atoms with E-state index in [0.717, 1.165) is 12.0 Å². The van der Waals surface area contributed by atoms with E-state index >= 15 is 0 Å². The Labute approximate surface area is 83.5 Å². The standard InChI is InChI=1S/C12H25N/c1-10(2)9-11-7-6-8-13(11)12(3,4)5/h10-11H,6-9H2,1-5H3. The lowest BCUT2D eigenvalue weighted by Crippen LogP contribution is -2.44. The fourth-order valence-corrected chi connectivity index (χ4v) is 2.51. The van der Waals surface area contributed by atoms with Crippen molar-refractivity contribution < 1.29 is 0 Å². The van der Waals surface area contributed by atoms with E-state index < -0.39 is 0 Å². The van der Waals surface area contributed by atoms with Crippen molar-refractivity contribution in [3.63, 3.8) is 0 Å². The molecule has 78 valence electrons. The Morgan fingerprint density at radius 3 is 2.38 bits per heavy atom. The van der Waals surface area contributed by atoms with Crippen LogP contribution in [0.2, 0.25) is 0 Å². The fourth-order valence-electron chi connectivity index (χ4n) is 2.51. The van der Waals surface area contributed by atoms with E-state index in [1.54, 1.807) is 0 Å². The minimum atomic E-state index is 0.371. The molecule has 1 heterocycles. The predicted molar refractivity (Wildman–Crippen MR) is 58.9 cm³/mol. The van der Waals surface area contributed by atoms with Crippen LogP contribution in [0.1, 0.15) is 53.9 Å². The van der Waals surface area contributed by atoms with Crippen LogP contribution in [0.15, 0.2) is 0 Å². The van der Waals surface area contributed by atoms with Gasteiger partial charge in [-0.2, -0.15) is 0 Å². The molecule has 1 unspecified atom stereocenters. The van der Waals surface area contributed by atoms with Gasteiger partial charge in [0.25, 0.3) is 0 Å². The fraction of sp³-hybridized carbons (Fsp3) is 1.00. The van der Waals surface area contributed by atoms with Gasteiger partial charge in [0.2, 0.25) is 0 Å². The first-order chi connectivity index (χ1) is 5.91. The third-order valence-electron chi connectivity index (χ3n) is 2.98. The molecular formula is C12H25N. The SMILES string of the molecule is CC(C)CC1CCCN1C(C)(C)C. The quantitative estimate of drug-likeness (QED) is 0.635. The summed E-state index contributed by atoms with van der Waals surface area (Å²) in [6.07, 6.45) is 4.18. The summed E-state index contributed by atoms with van der Waals surface area (Å²) >= 11 is 0. The van der Waals surface area contributed by atoms with E-state index in [4.69, 9.17) is 0 Å². The maximum absolute atomic E-state index is 2.69. The third kappa shape index (κ3) is 2.98. The number of likely N-dealkylation sites (tertiary alicyclic amines) is 1. The lowest BCUT2D eigenvalue weighted by molar-refractivity contribution is 0.109. The number of nitrogens with zero attached hydrogens (tertiary/aromatic N) is 1. The molecule has 1 aliphatic heterocycles. The molecule has 1 nitrogen and oxygen atoms in total. The summed E-state index contributed by atoms with van der Waals surface area (Å²) in [5, 5.41) is 0. The van der Waals surface area contributed by atoms with Crippen LogP contribution in [0, 0.1) is 5.92 Å². The van der Waals surface area contributed by atoms with Gasteiger partial charge in [-0.25, -0.2) is 0 Å². The zero-order valence-electron chi connectivity index (χ0n) is 9.93. The molecule has 1 saturated heterocycles. The van der Waals surface area contributed by atoms with Gasteiger partial charge in [0.1, 0.15) is 0 Å². The summed E-state index contributed by atoms with van der Waals surface area (Å²) in [5.74, 6) is 0.841. The van der Waals surface area contributed by atoms with Crippen LogP contribution < -0.4 is 0 Å². The smallest absolute Gasteiger partial charge is 0.0127 e. The van der Waals surface area contributed by atoms with Crippen LogP contribution in [0.4, 0.5) is 0 Å². The second-order valence-electron chi connectivity index (χ2n) is 5.79. The Morgan fingerprint density at radius 1 is 1.31 bits per heavy atom. The molecule has 0 aromatic rings. The molecule has 1 aliphatic rings. The maximum Gasteiger partial charge on any atom is 0.0127 e. The van der Waals surface area contributed by atoms with Gasteiger partial charge in [0, 0.05) is 11.6 Å². The number of hydrogen-bond donors (Lipinski definition) is 0. The Morgan fingerprint density at radius 2 is 1.92 bits per heavy atom. The second kappa shape index (κ2) is 4.00. The van der Waals surface area contributed by atoms with Crippen LogP contribution in [0.25, 0.3) is 0 Å². The van der Waals surface area contributed by atoms with Crippen molar-refractivity contribution in [2.24, 2.45) is 5.92 Å². The molecule has 1 atom stereocenters. The molecule has 13 heavy (non-hydrogen) atoms. The molecule has 1 fully saturated rings. The molecule has 1 rings (SSSR count). The highest BCUT2D eigenvalue weighted by atomic mass is 15.2. The summed E-state index contributed by atoms with van der Waals surface area (Å²) in [7, 11) is 0. The lowest BCUT2D eigenvalue weighted by Gasteiger charge is -2.37. The molecule has 1 heteroatoms. The van der Waals surface area contributed by atoms with Gasteiger partial charge in [-0.3, -0.25) is 4.90 Å². The highest BCUT2D eigenvalue weighted by Gasteiger charge is 2.32. The Bertz CT molecular complexity index is 155. The first-order valence-electron chi connectivity index (χ1n) is 5.68. The van der Waals surface area contributed by atoms with E-state index in [-0.39, 0.29) is 0 Å². The van der Waals surface area contributed by atoms with Crippen molar-refractivity contribution in [1.82, 2.24) is 4.90 Å². The van der Waals surface area contributed by atoms with E-state index in [2.05, 4.69) is 39.5 Å². The van der Waals surface area contributed by atoms with Crippen LogP contribution in [-0.2, 0) is 0 Å².